The first-order valence-corrected chi connectivity index (χ1v) is 8.93. The van der Waals surface area contributed by atoms with E-state index in [-0.39, 0.29) is 24.5 Å². The van der Waals surface area contributed by atoms with E-state index in [1.54, 1.807) is 24.3 Å². The molecule has 2 saturated carbocycles. The van der Waals surface area contributed by atoms with Gasteiger partial charge in [-0.15, -0.1) is 0 Å². The number of nitrogens with one attached hydrogen (secondary N) is 1. The summed E-state index contributed by atoms with van der Waals surface area (Å²) >= 11 is 0. The molecule has 2 bridgehead atoms. The fraction of sp³-hybridized carbons (Fsp3) is 0.579. The molecule has 3 rings (SSSR count). The second-order valence-electron chi connectivity index (χ2n) is 7.08. The molecular weight excluding hydrogens is 320 g/mol. The quantitative estimate of drug-likeness (QED) is 0.799. The second-order valence-corrected chi connectivity index (χ2v) is 7.08. The lowest BCUT2D eigenvalue weighted by Crippen LogP contribution is -2.48. The third-order valence-corrected chi connectivity index (χ3v) is 5.49. The van der Waals surface area contributed by atoms with E-state index < -0.39 is 5.97 Å². The van der Waals surface area contributed by atoms with Crippen LogP contribution in [-0.4, -0.2) is 31.6 Å². The standard InChI is InChI=1S/C19H26N2O4/c1-24-17(22)11-25-16-7-5-15(6-8-16)21-19(23)14-9-12-3-2-4-13(10-14)18(12)20/h5-8,12-14,18H,2-4,9-11,20H2,1H3,(H,21,23). The Morgan fingerprint density at radius 1 is 1.16 bits per heavy atom. The molecule has 0 radical (unpaired) electrons. The number of amides is 1. The van der Waals surface area contributed by atoms with Crippen molar-refractivity contribution in [1.82, 2.24) is 0 Å². The molecule has 2 atom stereocenters. The number of carbonyl (C=O) groups excluding carboxylic acids is 2. The highest BCUT2D eigenvalue weighted by atomic mass is 16.6. The van der Waals surface area contributed by atoms with Gasteiger partial charge in [-0.1, -0.05) is 6.42 Å². The molecule has 6 heteroatoms. The Hall–Kier alpha value is -2.08. The number of methoxy groups -OCH3 is 1. The minimum absolute atomic E-state index is 0.0466. The van der Waals surface area contributed by atoms with Crippen LogP contribution in [-0.2, 0) is 14.3 Å². The zero-order valence-electron chi connectivity index (χ0n) is 14.6. The number of rotatable bonds is 5. The molecule has 136 valence electrons. The molecule has 2 unspecified atom stereocenters. The van der Waals surface area contributed by atoms with Crippen LogP contribution in [0.2, 0.25) is 0 Å². The van der Waals surface area contributed by atoms with Crippen LogP contribution in [0, 0.1) is 17.8 Å². The third kappa shape index (κ3) is 4.31. The number of carbonyl (C=O) groups is 2. The van der Waals surface area contributed by atoms with E-state index in [4.69, 9.17) is 10.5 Å². The number of fused-ring (bicyclic) bond motifs is 2. The SMILES string of the molecule is COC(=O)COc1ccc(NC(=O)C2CC3CCCC(C2)C3N)cc1. The smallest absolute Gasteiger partial charge is 0.343 e. The van der Waals surface area contributed by atoms with Gasteiger partial charge in [0.2, 0.25) is 5.91 Å². The fourth-order valence-corrected chi connectivity index (χ4v) is 4.08. The Morgan fingerprint density at radius 2 is 1.80 bits per heavy atom. The number of anilines is 1. The Morgan fingerprint density at radius 3 is 2.40 bits per heavy atom. The third-order valence-electron chi connectivity index (χ3n) is 5.49. The van der Waals surface area contributed by atoms with Gasteiger partial charge in [-0.05, 0) is 61.8 Å². The van der Waals surface area contributed by atoms with Crippen molar-refractivity contribution in [2.45, 2.75) is 38.1 Å². The number of nitrogens with two attached hydrogens (primary N) is 1. The summed E-state index contributed by atoms with van der Waals surface area (Å²) < 4.78 is 9.82. The van der Waals surface area contributed by atoms with Crippen LogP contribution in [0.1, 0.15) is 32.1 Å². The summed E-state index contributed by atoms with van der Waals surface area (Å²) in [5, 5.41) is 2.99. The van der Waals surface area contributed by atoms with Crippen LogP contribution < -0.4 is 15.8 Å². The van der Waals surface area contributed by atoms with E-state index in [0.29, 0.717) is 17.6 Å². The van der Waals surface area contributed by atoms with Crippen molar-refractivity contribution in [3.8, 4) is 5.75 Å². The lowest BCUT2D eigenvalue weighted by Gasteiger charge is -2.43. The van der Waals surface area contributed by atoms with Crippen LogP contribution in [0.4, 0.5) is 5.69 Å². The fourth-order valence-electron chi connectivity index (χ4n) is 4.08. The second kappa shape index (κ2) is 7.87. The van der Waals surface area contributed by atoms with Gasteiger partial charge < -0.3 is 20.5 Å². The Balaban J connectivity index is 1.53. The highest BCUT2D eigenvalue weighted by Gasteiger charge is 2.40. The average molecular weight is 346 g/mol. The predicted octanol–water partition coefficient (Wildman–Crippen LogP) is 2.33. The van der Waals surface area contributed by atoms with Gasteiger partial charge in [0.1, 0.15) is 5.75 Å². The zero-order chi connectivity index (χ0) is 17.8. The first kappa shape index (κ1) is 17.7. The normalized spacial score (nSPS) is 28.1. The van der Waals surface area contributed by atoms with Crippen LogP contribution in [0.5, 0.6) is 5.75 Å². The van der Waals surface area contributed by atoms with Gasteiger partial charge in [-0.3, -0.25) is 4.79 Å². The molecule has 6 nitrogen and oxygen atoms in total. The summed E-state index contributed by atoms with van der Waals surface area (Å²) in [5.74, 6) is 1.21. The highest BCUT2D eigenvalue weighted by Crippen LogP contribution is 2.42. The van der Waals surface area contributed by atoms with Gasteiger partial charge >= 0.3 is 5.97 Å². The maximum Gasteiger partial charge on any atom is 0.343 e. The maximum atomic E-state index is 12.6. The first-order valence-electron chi connectivity index (χ1n) is 8.93. The van der Waals surface area contributed by atoms with Crippen LogP contribution in [0.25, 0.3) is 0 Å². The molecule has 2 aliphatic rings. The molecule has 0 spiro atoms. The first-order chi connectivity index (χ1) is 12.1. The van der Waals surface area contributed by atoms with Gasteiger partial charge in [0.25, 0.3) is 0 Å². The van der Waals surface area contributed by atoms with Gasteiger partial charge in [-0.25, -0.2) is 4.79 Å². The van der Waals surface area contributed by atoms with Crippen molar-refractivity contribution in [2.24, 2.45) is 23.5 Å². The summed E-state index contributed by atoms with van der Waals surface area (Å²) in [6.07, 6.45) is 5.32. The van der Waals surface area contributed by atoms with Gasteiger partial charge in [-0.2, -0.15) is 0 Å². The molecule has 1 aromatic carbocycles. The average Bonchev–Trinajstić information content (AvgIpc) is 2.60. The van der Waals surface area contributed by atoms with Gasteiger partial charge in [0.15, 0.2) is 6.61 Å². The monoisotopic (exact) mass is 346 g/mol. The number of esters is 1. The molecule has 2 aliphatic carbocycles. The van der Waals surface area contributed by atoms with Crippen LogP contribution in [0.3, 0.4) is 0 Å². The molecule has 1 amide bonds. The van der Waals surface area contributed by atoms with E-state index in [2.05, 4.69) is 10.1 Å². The van der Waals surface area contributed by atoms with Crippen molar-refractivity contribution >= 4 is 17.6 Å². The highest BCUT2D eigenvalue weighted by molar-refractivity contribution is 5.92. The van der Waals surface area contributed by atoms with Crippen molar-refractivity contribution < 1.29 is 19.1 Å². The van der Waals surface area contributed by atoms with Crippen molar-refractivity contribution in [3.63, 3.8) is 0 Å². The lowest BCUT2D eigenvalue weighted by atomic mass is 9.65. The zero-order valence-corrected chi connectivity index (χ0v) is 14.6. The van der Waals surface area contributed by atoms with Crippen molar-refractivity contribution in [1.29, 1.82) is 0 Å². The number of benzene rings is 1. The number of hydrogen-bond acceptors (Lipinski definition) is 5. The summed E-state index contributed by atoms with van der Waals surface area (Å²) in [7, 11) is 1.32. The molecule has 2 fully saturated rings. The van der Waals surface area contributed by atoms with Crippen LogP contribution in [0.15, 0.2) is 24.3 Å². The Kier molecular flexibility index (Phi) is 5.58. The summed E-state index contributed by atoms with van der Waals surface area (Å²) in [6, 6.07) is 7.28. The Labute approximate surface area is 148 Å². The van der Waals surface area contributed by atoms with Gasteiger partial charge in [0, 0.05) is 17.6 Å². The molecule has 0 aliphatic heterocycles. The summed E-state index contributed by atoms with van der Waals surface area (Å²) in [4.78, 5) is 23.7. The van der Waals surface area contributed by atoms with E-state index in [1.165, 1.54) is 13.5 Å². The van der Waals surface area contributed by atoms with Gasteiger partial charge in [0.05, 0.1) is 7.11 Å². The van der Waals surface area contributed by atoms with E-state index in [0.717, 1.165) is 31.4 Å². The predicted molar refractivity (Wildman–Crippen MR) is 94.1 cm³/mol. The van der Waals surface area contributed by atoms with E-state index in [9.17, 15) is 9.59 Å². The minimum Gasteiger partial charge on any atom is -0.482 e. The molecular formula is C19H26N2O4. The van der Waals surface area contributed by atoms with Crippen LogP contribution >= 0.6 is 0 Å². The number of hydrogen-bond donors (Lipinski definition) is 2. The summed E-state index contributed by atoms with van der Waals surface area (Å²) in [6.45, 7) is -0.132. The molecule has 0 heterocycles. The molecule has 3 N–H and O–H groups in total. The molecule has 0 saturated heterocycles. The van der Waals surface area contributed by atoms with Crippen molar-refractivity contribution in [3.05, 3.63) is 24.3 Å². The number of ether oxygens (including phenoxy) is 2. The van der Waals surface area contributed by atoms with Crippen molar-refractivity contribution in [2.75, 3.05) is 19.0 Å². The summed E-state index contributed by atoms with van der Waals surface area (Å²) in [5.41, 5.74) is 7.03. The maximum absolute atomic E-state index is 12.6. The molecule has 0 aromatic heterocycles. The van der Waals surface area contributed by atoms with E-state index in [1.807, 2.05) is 0 Å². The topological polar surface area (TPSA) is 90.6 Å². The molecule has 25 heavy (non-hydrogen) atoms. The van der Waals surface area contributed by atoms with E-state index >= 15 is 0 Å². The Bertz CT molecular complexity index is 602. The molecule has 1 aromatic rings. The largest absolute Gasteiger partial charge is 0.482 e. The minimum atomic E-state index is -0.432. The lowest BCUT2D eigenvalue weighted by molar-refractivity contribution is -0.142.